The molecule has 20 heavy (non-hydrogen) atoms. The number of aryl methyl sites for hydroxylation is 2. The molecule has 2 rings (SSSR count). The molecule has 1 saturated heterocycles. The van der Waals surface area contributed by atoms with E-state index < -0.39 is 10.0 Å². The van der Waals surface area contributed by atoms with Gasteiger partial charge in [-0.3, -0.25) is 0 Å². The zero-order chi connectivity index (χ0) is 14.8. The van der Waals surface area contributed by atoms with Crippen LogP contribution in [0.5, 0.6) is 0 Å². The summed E-state index contributed by atoms with van der Waals surface area (Å²) < 4.78 is 27.5. The minimum atomic E-state index is -3.39. The minimum Gasteiger partial charge on any atom is -0.306 e. The lowest BCUT2D eigenvalue weighted by atomic mass is 9.99. The van der Waals surface area contributed by atoms with E-state index >= 15 is 0 Å². The molecule has 5 heteroatoms. The predicted molar refractivity (Wildman–Crippen MR) is 81.3 cm³/mol. The van der Waals surface area contributed by atoms with Crippen molar-refractivity contribution < 1.29 is 8.42 Å². The van der Waals surface area contributed by atoms with Gasteiger partial charge in [0.2, 0.25) is 10.0 Å². The normalized spacial score (nSPS) is 21.1. The van der Waals surface area contributed by atoms with E-state index in [9.17, 15) is 8.42 Å². The van der Waals surface area contributed by atoms with E-state index in [0.29, 0.717) is 17.4 Å². The smallest absolute Gasteiger partial charge is 0.240 e. The van der Waals surface area contributed by atoms with Crippen LogP contribution in [-0.4, -0.2) is 40.0 Å². The van der Waals surface area contributed by atoms with Crippen LogP contribution in [0.15, 0.2) is 23.1 Å². The Morgan fingerprint density at radius 1 is 1.35 bits per heavy atom. The maximum atomic E-state index is 12.4. The maximum Gasteiger partial charge on any atom is 0.240 e. The molecule has 1 fully saturated rings. The number of hydrogen-bond donors (Lipinski definition) is 1. The number of sulfonamides is 1. The lowest BCUT2D eigenvalue weighted by Crippen LogP contribution is -2.39. The van der Waals surface area contributed by atoms with Crippen molar-refractivity contribution in [2.75, 3.05) is 26.7 Å². The molecule has 1 aliphatic rings. The number of hydrogen-bond acceptors (Lipinski definition) is 3. The van der Waals surface area contributed by atoms with Crippen LogP contribution in [0.25, 0.3) is 0 Å². The topological polar surface area (TPSA) is 49.4 Å². The van der Waals surface area contributed by atoms with E-state index in [2.05, 4.69) is 16.7 Å². The highest BCUT2D eigenvalue weighted by atomic mass is 32.2. The summed E-state index contributed by atoms with van der Waals surface area (Å²) >= 11 is 0. The maximum absolute atomic E-state index is 12.4. The van der Waals surface area contributed by atoms with Gasteiger partial charge in [-0.1, -0.05) is 17.7 Å². The van der Waals surface area contributed by atoms with Gasteiger partial charge in [0.1, 0.15) is 0 Å². The van der Waals surface area contributed by atoms with E-state index in [1.807, 2.05) is 26.0 Å². The summed E-state index contributed by atoms with van der Waals surface area (Å²) in [7, 11) is -1.31. The van der Waals surface area contributed by atoms with Gasteiger partial charge in [-0.15, -0.1) is 0 Å². The molecule has 0 radical (unpaired) electrons. The van der Waals surface area contributed by atoms with Gasteiger partial charge in [-0.25, -0.2) is 13.1 Å². The zero-order valence-corrected chi connectivity index (χ0v) is 13.3. The van der Waals surface area contributed by atoms with Crippen molar-refractivity contribution in [3.8, 4) is 0 Å². The minimum absolute atomic E-state index is 0.396. The van der Waals surface area contributed by atoms with E-state index in [0.717, 1.165) is 37.1 Å². The van der Waals surface area contributed by atoms with Crippen LogP contribution in [0.1, 0.15) is 24.0 Å². The highest BCUT2D eigenvalue weighted by molar-refractivity contribution is 7.89. The van der Waals surface area contributed by atoms with Crippen molar-refractivity contribution in [2.45, 2.75) is 31.6 Å². The largest absolute Gasteiger partial charge is 0.306 e. The number of nitrogens with zero attached hydrogens (tertiary/aromatic N) is 1. The number of benzene rings is 1. The Labute approximate surface area is 122 Å². The Morgan fingerprint density at radius 2 is 2.10 bits per heavy atom. The molecule has 112 valence electrons. The Hall–Kier alpha value is -0.910. The lowest BCUT2D eigenvalue weighted by molar-refractivity contribution is 0.211. The molecule has 0 amide bonds. The van der Waals surface area contributed by atoms with Crippen LogP contribution in [0.2, 0.25) is 0 Å². The number of nitrogens with one attached hydrogen (secondary N) is 1. The fourth-order valence-electron chi connectivity index (χ4n) is 2.85. The Balaban J connectivity index is 2.03. The zero-order valence-electron chi connectivity index (χ0n) is 12.5. The molecule has 1 aliphatic heterocycles. The summed E-state index contributed by atoms with van der Waals surface area (Å²) in [6.07, 6.45) is 2.24. The molecule has 1 atom stereocenters. The van der Waals surface area contributed by atoms with Gasteiger partial charge in [-0.2, -0.15) is 0 Å². The first-order valence-corrected chi connectivity index (χ1v) is 8.62. The fraction of sp³-hybridized carbons (Fsp3) is 0.600. The second kappa shape index (κ2) is 6.24. The molecule has 1 N–H and O–H groups in total. The van der Waals surface area contributed by atoms with Crippen molar-refractivity contribution in [2.24, 2.45) is 5.92 Å². The van der Waals surface area contributed by atoms with Crippen molar-refractivity contribution in [1.29, 1.82) is 0 Å². The van der Waals surface area contributed by atoms with Gasteiger partial charge in [0.25, 0.3) is 0 Å². The molecular weight excluding hydrogens is 272 g/mol. The van der Waals surface area contributed by atoms with Gasteiger partial charge in [0.15, 0.2) is 0 Å². The molecule has 0 aliphatic carbocycles. The molecule has 0 bridgehead atoms. The Kier molecular flexibility index (Phi) is 4.83. The van der Waals surface area contributed by atoms with Crippen molar-refractivity contribution in [3.63, 3.8) is 0 Å². The molecule has 1 aromatic carbocycles. The molecular formula is C15H24N2O2S. The summed E-state index contributed by atoms with van der Waals surface area (Å²) in [5, 5.41) is 0. The third kappa shape index (κ3) is 3.81. The van der Waals surface area contributed by atoms with Crippen molar-refractivity contribution in [3.05, 3.63) is 29.3 Å². The highest BCUT2D eigenvalue weighted by Crippen LogP contribution is 2.18. The monoisotopic (exact) mass is 296 g/mol. The van der Waals surface area contributed by atoms with Crippen molar-refractivity contribution in [1.82, 2.24) is 9.62 Å². The number of likely N-dealkylation sites (tertiary alicyclic amines) is 1. The van der Waals surface area contributed by atoms with Crippen LogP contribution in [0.3, 0.4) is 0 Å². The molecule has 0 aromatic heterocycles. The van der Waals surface area contributed by atoms with Gasteiger partial charge in [0, 0.05) is 13.1 Å². The first-order valence-electron chi connectivity index (χ1n) is 7.14. The van der Waals surface area contributed by atoms with Crippen molar-refractivity contribution >= 4 is 10.0 Å². The molecule has 1 heterocycles. The van der Waals surface area contributed by atoms with Crippen LogP contribution in [0, 0.1) is 19.8 Å². The number of piperidine rings is 1. The van der Waals surface area contributed by atoms with Gasteiger partial charge in [0.05, 0.1) is 4.90 Å². The van der Waals surface area contributed by atoms with E-state index in [1.165, 1.54) is 0 Å². The highest BCUT2D eigenvalue weighted by Gasteiger charge is 2.21. The van der Waals surface area contributed by atoms with E-state index in [4.69, 9.17) is 0 Å². The summed E-state index contributed by atoms with van der Waals surface area (Å²) in [6, 6.07) is 5.44. The van der Waals surface area contributed by atoms with Gasteiger partial charge < -0.3 is 4.90 Å². The first kappa shape index (κ1) is 15.5. The van der Waals surface area contributed by atoms with Crippen LogP contribution in [0.4, 0.5) is 0 Å². The Morgan fingerprint density at radius 3 is 2.75 bits per heavy atom. The Bertz CT molecular complexity index is 569. The molecule has 4 nitrogen and oxygen atoms in total. The quantitative estimate of drug-likeness (QED) is 0.923. The number of rotatable bonds is 4. The lowest BCUT2D eigenvalue weighted by Gasteiger charge is -2.29. The molecule has 1 unspecified atom stereocenters. The molecule has 0 spiro atoms. The van der Waals surface area contributed by atoms with E-state index in [1.54, 1.807) is 6.07 Å². The predicted octanol–water partition coefficient (Wildman–Crippen LogP) is 1.92. The van der Waals surface area contributed by atoms with Crippen LogP contribution >= 0.6 is 0 Å². The third-order valence-corrected chi connectivity index (χ3v) is 5.49. The standard InChI is InChI=1S/C15H24N2O2S/c1-12-6-7-15(13(2)9-12)20(18,19)16-10-14-5-4-8-17(3)11-14/h6-7,9,14,16H,4-5,8,10-11H2,1-3H3. The third-order valence-electron chi connectivity index (χ3n) is 3.90. The average Bonchev–Trinajstić information content (AvgIpc) is 2.36. The van der Waals surface area contributed by atoms with Gasteiger partial charge >= 0.3 is 0 Å². The van der Waals surface area contributed by atoms with Crippen LogP contribution in [-0.2, 0) is 10.0 Å². The molecule has 1 aromatic rings. The second-order valence-corrected chi connectivity index (χ2v) is 7.63. The summed E-state index contributed by atoms with van der Waals surface area (Å²) in [5.41, 5.74) is 1.88. The van der Waals surface area contributed by atoms with Gasteiger partial charge in [-0.05, 0) is 57.8 Å². The first-order chi connectivity index (χ1) is 9.38. The SMILES string of the molecule is Cc1ccc(S(=O)(=O)NCC2CCCN(C)C2)c(C)c1. The summed E-state index contributed by atoms with van der Waals surface area (Å²) in [4.78, 5) is 2.66. The average molecular weight is 296 g/mol. The summed E-state index contributed by atoms with van der Waals surface area (Å²) in [6.45, 7) is 6.42. The second-order valence-electron chi connectivity index (χ2n) is 5.89. The summed E-state index contributed by atoms with van der Waals surface area (Å²) in [5.74, 6) is 0.411. The fourth-order valence-corrected chi connectivity index (χ4v) is 4.19. The van der Waals surface area contributed by atoms with E-state index in [-0.39, 0.29) is 0 Å². The van der Waals surface area contributed by atoms with Crippen LogP contribution < -0.4 is 4.72 Å². The molecule has 0 saturated carbocycles.